The van der Waals surface area contributed by atoms with E-state index in [1.54, 1.807) is 61.5 Å². The van der Waals surface area contributed by atoms with E-state index in [-0.39, 0.29) is 29.7 Å². The molecular formula is C24H23N3O5S. The summed E-state index contributed by atoms with van der Waals surface area (Å²) in [4.78, 5) is 51.7. The molecule has 0 aromatic heterocycles. The first-order valence-electron chi connectivity index (χ1n) is 10.4. The van der Waals surface area contributed by atoms with Crippen LogP contribution in [0.2, 0.25) is 0 Å². The molecule has 0 radical (unpaired) electrons. The fourth-order valence-corrected chi connectivity index (χ4v) is 5.05. The van der Waals surface area contributed by atoms with Gasteiger partial charge in [0.2, 0.25) is 5.91 Å². The molecule has 2 aliphatic heterocycles. The summed E-state index contributed by atoms with van der Waals surface area (Å²) in [5.74, 6) is -1.26. The lowest BCUT2D eigenvalue weighted by Crippen LogP contribution is -2.70. The van der Waals surface area contributed by atoms with Crippen LogP contribution < -0.4 is 11.1 Å². The number of rotatable bonds is 7. The zero-order chi connectivity index (χ0) is 23.5. The molecule has 2 aromatic rings. The van der Waals surface area contributed by atoms with Gasteiger partial charge in [0.05, 0.1) is 6.42 Å². The van der Waals surface area contributed by atoms with E-state index in [0.717, 1.165) is 0 Å². The third-order valence-corrected chi connectivity index (χ3v) is 6.93. The monoisotopic (exact) mass is 465 g/mol. The van der Waals surface area contributed by atoms with Gasteiger partial charge < -0.3 is 15.8 Å². The van der Waals surface area contributed by atoms with Gasteiger partial charge in [-0.1, -0.05) is 48.5 Å². The fraction of sp³-hybridized carbons (Fsp3) is 0.250. The first-order valence-corrected chi connectivity index (χ1v) is 11.4. The number of nitrogens with two attached hydrogens (primary N) is 1. The maximum absolute atomic E-state index is 12.8. The molecule has 1 saturated heterocycles. The minimum absolute atomic E-state index is 0.0548. The lowest BCUT2D eigenvalue weighted by atomic mass is 10.0. The number of nitrogens with zero attached hydrogens (tertiary/aromatic N) is 1. The van der Waals surface area contributed by atoms with Gasteiger partial charge in [0.15, 0.2) is 12.4 Å². The molecule has 33 heavy (non-hydrogen) atoms. The number of thioether (sulfide) groups is 1. The third kappa shape index (κ3) is 4.63. The van der Waals surface area contributed by atoms with Crippen LogP contribution in [0.25, 0.3) is 0 Å². The second kappa shape index (κ2) is 9.50. The number of amides is 2. The van der Waals surface area contributed by atoms with Crippen LogP contribution in [0.15, 0.2) is 65.9 Å². The van der Waals surface area contributed by atoms with Crippen LogP contribution in [-0.2, 0) is 25.5 Å². The number of nitrogens with one attached hydrogen (secondary N) is 1. The summed E-state index contributed by atoms with van der Waals surface area (Å²) in [6, 6.07) is 14.8. The number of para-hydroxylation sites is 1. The van der Waals surface area contributed by atoms with E-state index in [1.807, 2.05) is 0 Å². The van der Waals surface area contributed by atoms with Gasteiger partial charge in [-0.15, -0.1) is 11.8 Å². The SMILES string of the molecule is CC1=C(C(=O)OCC(=O)c2ccccc2)N2C(=O)C(NC(=O)Cc3ccccc3N)[C@H]2SC1. The van der Waals surface area contributed by atoms with E-state index in [4.69, 9.17) is 10.5 Å². The van der Waals surface area contributed by atoms with E-state index in [1.165, 1.54) is 16.7 Å². The van der Waals surface area contributed by atoms with Crippen LogP contribution >= 0.6 is 11.8 Å². The molecule has 2 aromatic carbocycles. The minimum atomic E-state index is -0.741. The number of ether oxygens (including phenoxy) is 1. The fourth-order valence-electron chi connectivity index (χ4n) is 3.76. The van der Waals surface area contributed by atoms with Gasteiger partial charge in [0.25, 0.3) is 5.91 Å². The molecule has 8 nitrogen and oxygen atoms in total. The van der Waals surface area contributed by atoms with Crippen molar-refractivity contribution in [2.24, 2.45) is 0 Å². The number of fused-ring (bicyclic) bond motifs is 1. The quantitative estimate of drug-likeness (QED) is 0.277. The maximum Gasteiger partial charge on any atom is 0.355 e. The summed E-state index contributed by atoms with van der Waals surface area (Å²) in [5.41, 5.74) is 8.35. The van der Waals surface area contributed by atoms with E-state index in [9.17, 15) is 19.2 Å². The van der Waals surface area contributed by atoms with E-state index in [2.05, 4.69) is 5.32 Å². The topological polar surface area (TPSA) is 119 Å². The first kappa shape index (κ1) is 22.6. The number of esters is 1. The van der Waals surface area contributed by atoms with Crippen molar-refractivity contribution in [3.63, 3.8) is 0 Å². The Morgan fingerprint density at radius 3 is 2.55 bits per heavy atom. The smallest absolute Gasteiger partial charge is 0.355 e. The number of benzene rings is 2. The second-order valence-electron chi connectivity index (χ2n) is 7.82. The maximum atomic E-state index is 12.8. The first-order chi connectivity index (χ1) is 15.9. The van der Waals surface area contributed by atoms with Crippen LogP contribution in [0, 0.1) is 0 Å². The minimum Gasteiger partial charge on any atom is -0.453 e. The average molecular weight is 466 g/mol. The molecule has 2 aliphatic rings. The summed E-state index contributed by atoms with van der Waals surface area (Å²) < 4.78 is 5.23. The van der Waals surface area contributed by atoms with Crippen molar-refractivity contribution < 1.29 is 23.9 Å². The van der Waals surface area contributed by atoms with Crippen molar-refractivity contribution in [1.82, 2.24) is 10.2 Å². The van der Waals surface area contributed by atoms with Crippen LogP contribution in [0.5, 0.6) is 0 Å². The van der Waals surface area contributed by atoms with E-state index >= 15 is 0 Å². The molecule has 0 spiro atoms. The lowest BCUT2D eigenvalue weighted by molar-refractivity contribution is -0.152. The summed E-state index contributed by atoms with van der Waals surface area (Å²) in [6.07, 6.45) is 0.0548. The van der Waals surface area contributed by atoms with E-state index < -0.39 is 24.0 Å². The highest BCUT2D eigenvalue weighted by molar-refractivity contribution is 8.00. The van der Waals surface area contributed by atoms with Gasteiger partial charge in [-0.25, -0.2) is 4.79 Å². The summed E-state index contributed by atoms with van der Waals surface area (Å²) in [5, 5.41) is 2.34. The number of anilines is 1. The van der Waals surface area contributed by atoms with Gasteiger partial charge in [-0.3, -0.25) is 19.3 Å². The molecule has 2 atom stereocenters. The Hall–Kier alpha value is -3.59. The van der Waals surface area contributed by atoms with Crippen molar-refractivity contribution in [2.45, 2.75) is 24.8 Å². The number of hydrogen-bond donors (Lipinski definition) is 2. The molecular weight excluding hydrogens is 442 g/mol. The Morgan fingerprint density at radius 2 is 1.82 bits per heavy atom. The molecule has 2 amide bonds. The highest BCUT2D eigenvalue weighted by atomic mass is 32.2. The summed E-state index contributed by atoms with van der Waals surface area (Å²) in [6.45, 7) is 1.33. The third-order valence-electron chi connectivity index (χ3n) is 5.50. The predicted octanol–water partition coefficient (Wildman–Crippen LogP) is 1.91. The predicted molar refractivity (Wildman–Crippen MR) is 124 cm³/mol. The van der Waals surface area contributed by atoms with Gasteiger partial charge in [0, 0.05) is 17.0 Å². The molecule has 0 bridgehead atoms. The highest BCUT2D eigenvalue weighted by Gasteiger charge is 2.54. The van der Waals surface area contributed by atoms with Crippen LogP contribution in [0.4, 0.5) is 5.69 Å². The molecule has 0 aliphatic carbocycles. The zero-order valence-electron chi connectivity index (χ0n) is 17.9. The molecule has 1 unspecified atom stereocenters. The van der Waals surface area contributed by atoms with Gasteiger partial charge in [0.1, 0.15) is 17.1 Å². The van der Waals surface area contributed by atoms with Crippen molar-refractivity contribution in [3.05, 3.63) is 77.0 Å². The van der Waals surface area contributed by atoms with Gasteiger partial charge >= 0.3 is 5.97 Å². The zero-order valence-corrected chi connectivity index (χ0v) is 18.8. The molecule has 2 heterocycles. The number of nitrogen functional groups attached to an aromatic ring is 1. The Bertz CT molecular complexity index is 1150. The molecule has 1 fully saturated rings. The number of carbonyl (C=O) groups is 4. The van der Waals surface area contributed by atoms with Gasteiger partial charge in [-0.2, -0.15) is 0 Å². The van der Waals surface area contributed by atoms with Crippen molar-refractivity contribution in [2.75, 3.05) is 18.1 Å². The number of hydrogen-bond acceptors (Lipinski definition) is 7. The van der Waals surface area contributed by atoms with Crippen LogP contribution in [0.1, 0.15) is 22.8 Å². The Balaban J connectivity index is 1.38. The number of ketones is 1. The normalized spacial score (nSPS) is 19.4. The number of Topliss-reactive ketones (excluding diaryl/α,β-unsaturated/α-hetero) is 1. The van der Waals surface area contributed by atoms with E-state index in [0.29, 0.717) is 28.1 Å². The second-order valence-corrected chi connectivity index (χ2v) is 8.93. The lowest BCUT2D eigenvalue weighted by Gasteiger charge is -2.49. The number of carbonyl (C=O) groups excluding carboxylic acids is 4. The average Bonchev–Trinajstić information content (AvgIpc) is 2.82. The molecule has 0 saturated carbocycles. The molecule has 3 N–H and O–H groups in total. The molecule has 9 heteroatoms. The Kier molecular flexibility index (Phi) is 6.50. The van der Waals surface area contributed by atoms with Crippen LogP contribution in [0.3, 0.4) is 0 Å². The summed E-state index contributed by atoms with van der Waals surface area (Å²) in [7, 11) is 0. The molecule has 170 valence electrons. The Morgan fingerprint density at radius 1 is 1.12 bits per heavy atom. The van der Waals surface area contributed by atoms with Crippen molar-refractivity contribution in [1.29, 1.82) is 0 Å². The number of β-lactam (4-membered cyclic amide) rings is 1. The largest absolute Gasteiger partial charge is 0.453 e. The molecule has 4 rings (SSSR count). The highest BCUT2D eigenvalue weighted by Crippen LogP contribution is 2.40. The van der Waals surface area contributed by atoms with Crippen molar-refractivity contribution >= 4 is 41.0 Å². The summed E-state index contributed by atoms with van der Waals surface area (Å²) >= 11 is 1.46. The van der Waals surface area contributed by atoms with Crippen molar-refractivity contribution in [3.8, 4) is 0 Å². The van der Waals surface area contributed by atoms with Crippen LogP contribution in [-0.4, -0.2) is 52.2 Å². The standard InChI is InChI=1S/C24H23N3O5S/c1-14-13-33-23-20(26-19(29)11-16-9-5-6-10-17(16)25)22(30)27(23)21(14)24(31)32-12-18(28)15-7-3-2-4-8-15/h2-10,20,23H,11-13,25H2,1H3,(H,26,29)/t20?,23-/m1/s1. The Labute approximate surface area is 195 Å². The van der Waals surface area contributed by atoms with Gasteiger partial charge in [-0.05, 0) is 24.1 Å².